The van der Waals surface area contributed by atoms with Gasteiger partial charge in [-0.2, -0.15) is 11.8 Å². The second-order valence-corrected chi connectivity index (χ2v) is 9.94. The summed E-state index contributed by atoms with van der Waals surface area (Å²) >= 11 is 3.47. The van der Waals surface area contributed by atoms with E-state index in [4.69, 9.17) is 4.98 Å². The first-order valence-corrected chi connectivity index (χ1v) is 12.7. The number of anilines is 4. The zero-order valence-corrected chi connectivity index (χ0v) is 19.6. The highest BCUT2D eigenvalue weighted by Gasteiger charge is 2.27. The van der Waals surface area contributed by atoms with E-state index in [1.54, 1.807) is 11.3 Å². The number of thiophene rings is 1. The Balaban J connectivity index is 1.47. The Morgan fingerprint density at radius 2 is 1.91 bits per heavy atom. The van der Waals surface area contributed by atoms with E-state index in [2.05, 4.69) is 34.8 Å². The molecule has 162 valence electrons. The fraction of sp³-hybridized carbons (Fsp3) is 0.200. The zero-order valence-electron chi connectivity index (χ0n) is 18.0. The van der Waals surface area contributed by atoms with Crippen molar-refractivity contribution in [3.63, 3.8) is 0 Å². The minimum absolute atomic E-state index is 0.125. The molecule has 7 heteroatoms. The Hall–Kier alpha value is -3.03. The summed E-state index contributed by atoms with van der Waals surface area (Å²) in [5.74, 6) is 0.512. The summed E-state index contributed by atoms with van der Waals surface area (Å²) in [6.45, 7) is 4.04. The van der Waals surface area contributed by atoms with Gasteiger partial charge in [-0.1, -0.05) is 36.4 Å². The molecule has 1 saturated heterocycles. The number of carbonyl (C=O) groups is 1. The highest BCUT2D eigenvalue weighted by Crippen LogP contribution is 2.34. The molecule has 32 heavy (non-hydrogen) atoms. The molecule has 0 spiro atoms. The van der Waals surface area contributed by atoms with Gasteiger partial charge in [0.2, 0.25) is 0 Å². The van der Waals surface area contributed by atoms with Crippen molar-refractivity contribution >= 4 is 62.0 Å². The summed E-state index contributed by atoms with van der Waals surface area (Å²) in [5, 5.41) is 10.1. The van der Waals surface area contributed by atoms with E-state index in [-0.39, 0.29) is 5.91 Å². The van der Waals surface area contributed by atoms with Crippen molar-refractivity contribution in [2.24, 2.45) is 0 Å². The van der Waals surface area contributed by atoms with Gasteiger partial charge in [-0.3, -0.25) is 4.79 Å². The van der Waals surface area contributed by atoms with Crippen LogP contribution in [0.3, 0.4) is 0 Å². The molecular formula is C25H24N4OS2. The van der Waals surface area contributed by atoms with Gasteiger partial charge in [0.15, 0.2) is 5.82 Å². The smallest absolute Gasteiger partial charge is 0.257 e. The van der Waals surface area contributed by atoms with Crippen LogP contribution in [0.1, 0.15) is 15.9 Å². The van der Waals surface area contributed by atoms with E-state index in [0.717, 1.165) is 40.1 Å². The van der Waals surface area contributed by atoms with Crippen LogP contribution in [0.4, 0.5) is 22.9 Å². The molecule has 1 aliphatic heterocycles. The number of carbonyl (C=O) groups excluding carboxylic acids is 1. The highest BCUT2D eigenvalue weighted by molar-refractivity contribution is 7.99. The van der Waals surface area contributed by atoms with Crippen LogP contribution in [0.5, 0.6) is 0 Å². The SMILES string of the molecule is CSC1CN(c2cnc(Nc3ccccc3C)c(NC(=O)c3csc4ccccc34)c2)C1. The number of nitrogens with zero attached hydrogens (tertiary/aromatic N) is 2. The Morgan fingerprint density at radius 1 is 1.12 bits per heavy atom. The number of hydrogen-bond acceptors (Lipinski definition) is 6. The number of fused-ring (bicyclic) bond motifs is 1. The van der Waals surface area contributed by atoms with Gasteiger partial charge in [0.1, 0.15) is 0 Å². The molecule has 2 aromatic heterocycles. The van der Waals surface area contributed by atoms with E-state index in [0.29, 0.717) is 22.3 Å². The molecule has 1 amide bonds. The number of pyridine rings is 1. The molecule has 3 heterocycles. The molecule has 0 radical (unpaired) electrons. The van der Waals surface area contributed by atoms with Gasteiger partial charge < -0.3 is 15.5 Å². The number of thioether (sulfide) groups is 1. The van der Waals surface area contributed by atoms with Gasteiger partial charge in [-0.25, -0.2) is 4.98 Å². The lowest BCUT2D eigenvalue weighted by molar-refractivity contribution is 0.102. The molecule has 0 atom stereocenters. The molecule has 0 unspecified atom stereocenters. The molecule has 1 fully saturated rings. The maximum absolute atomic E-state index is 13.2. The van der Waals surface area contributed by atoms with Gasteiger partial charge in [0, 0.05) is 39.5 Å². The van der Waals surface area contributed by atoms with Gasteiger partial charge >= 0.3 is 0 Å². The van der Waals surface area contributed by atoms with Crippen LogP contribution in [0, 0.1) is 6.92 Å². The van der Waals surface area contributed by atoms with Crippen LogP contribution < -0.4 is 15.5 Å². The monoisotopic (exact) mass is 460 g/mol. The van der Waals surface area contributed by atoms with Crippen LogP contribution >= 0.6 is 23.1 Å². The highest BCUT2D eigenvalue weighted by atomic mass is 32.2. The quantitative estimate of drug-likeness (QED) is 0.361. The Bertz CT molecular complexity index is 1280. The maximum atomic E-state index is 13.2. The fourth-order valence-corrected chi connectivity index (χ4v) is 5.40. The Labute approximate surface area is 195 Å². The number of hydrogen-bond donors (Lipinski definition) is 2. The minimum atomic E-state index is -0.125. The Morgan fingerprint density at radius 3 is 2.72 bits per heavy atom. The molecule has 0 aliphatic carbocycles. The van der Waals surface area contributed by atoms with Gasteiger partial charge in [0.25, 0.3) is 5.91 Å². The molecule has 2 N–H and O–H groups in total. The van der Waals surface area contributed by atoms with Gasteiger partial charge in [0.05, 0.1) is 23.1 Å². The Kier molecular flexibility index (Phi) is 5.76. The van der Waals surface area contributed by atoms with E-state index in [1.807, 2.05) is 71.9 Å². The zero-order chi connectivity index (χ0) is 22.1. The second kappa shape index (κ2) is 8.84. The van der Waals surface area contributed by atoms with Crippen molar-refractivity contribution in [1.82, 2.24) is 4.98 Å². The molecule has 5 rings (SSSR count). The minimum Gasteiger partial charge on any atom is -0.368 e. The molecule has 0 bridgehead atoms. The maximum Gasteiger partial charge on any atom is 0.257 e. The predicted molar refractivity (Wildman–Crippen MR) is 138 cm³/mol. The lowest BCUT2D eigenvalue weighted by Gasteiger charge is -2.40. The van der Waals surface area contributed by atoms with Crippen LogP contribution in [0.2, 0.25) is 0 Å². The van der Waals surface area contributed by atoms with Gasteiger partial charge in [-0.05, 0) is 36.9 Å². The number of aryl methyl sites for hydroxylation is 1. The topological polar surface area (TPSA) is 57.3 Å². The molecule has 0 saturated carbocycles. The largest absolute Gasteiger partial charge is 0.368 e. The normalized spacial score (nSPS) is 13.8. The molecule has 2 aromatic carbocycles. The summed E-state index contributed by atoms with van der Waals surface area (Å²) in [6, 6.07) is 18.1. The van der Waals surface area contributed by atoms with Crippen LogP contribution in [0.25, 0.3) is 10.1 Å². The van der Waals surface area contributed by atoms with Crippen LogP contribution in [-0.2, 0) is 0 Å². The average molecular weight is 461 g/mol. The van der Waals surface area contributed by atoms with E-state index in [1.165, 1.54) is 0 Å². The van der Waals surface area contributed by atoms with Crippen molar-refractivity contribution in [2.75, 3.05) is 34.9 Å². The number of rotatable bonds is 6. The van der Waals surface area contributed by atoms with Crippen molar-refractivity contribution in [3.8, 4) is 0 Å². The third kappa shape index (κ3) is 4.06. The first kappa shape index (κ1) is 20.8. The fourth-order valence-electron chi connectivity index (χ4n) is 3.80. The summed E-state index contributed by atoms with van der Waals surface area (Å²) in [7, 11) is 0. The van der Waals surface area contributed by atoms with Crippen molar-refractivity contribution in [1.29, 1.82) is 0 Å². The van der Waals surface area contributed by atoms with E-state index in [9.17, 15) is 4.79 Å². The number of aromatic nitrogens is 1. The lowest BCUT2D eigenvalue weighted by atomic mass is 10.1. The third-order valence-corrected chi connectivity index (χ3v) is 7.72. The van der Waals surface area contributed by atoms with Crippen molar-refractivity contribution in [2.45, 2.75) is 12.2 Å². The molecule has 1 aliphatic rings. The standard InChI is InChI=1S/C25H24N4OS2/c1-16-7-3-5-9-21(16)27-24-22(11-17(12-26-24)29-13-18(14-29)31-2)28-25(30)20-15-32-23-10-6-4-8-19(20)23/h3-12,15,18H,13-14H2,1-2H3,(H,26,27)(H,28,30). The summed E-state index contributed by atoms with van der Waals surface area (Å²) < 4.78 is 1.10. The predicted octanol–water partition coefficient (Wildman–Crippen LogP) is 6.15. The van der Waals surface area contributed by atoms with Crippen molar-refractivity contribution < 1.29 is 4.79 Å². The molecular weight excluding hydrogens is 436 g/mol. The molecule has 5 nitrogen and oxygen atoms in total. The average Bonchev–Trinajstić information content (AvgIpc) is 3.20. The molecule has 4 aromatic rings. The summed E-state index contributed by atoms with van der Waals surface area (Å²) in [6.07, 6.45) is 4.03. The second-order valence-electron chi connectivity index (χ2n) is 7.89. The first-order valence-electron chi connectivity index (χ1n) is 10.5. The summed E-state index contributed by atoms with van der Waals surface area (Å²) in [4.78, 5) is 20.2. The van der Waals surface area contributed by atoms with Gasteiger partial charge in [-0.15, -0.1) is 11.3 Å². The van der Waals surface area contributed by atoms with Crippen molar-refractivity contribution in [3.05, 3.63) is 77.3 Å². The first-order chi connectivity index (χ1) is 15.6. The number of nitrogens with one attached hydrogen (secondary N) is 2. The van der Waals surface area contributed by atoms with Crippen LogP contribution in [0.15, 0.2) is 66.2 Å². The summed E-state index contributed by atoms with van der Waals surface area (Å²) in [5.41, 5.74) is 4.47. The van der Waals surface area contributed by atoms with E-state index < -0.39 is 0 Å². The lowest BCUT2D eigenvalue weighted by Crippen LogP contribution is -2.49. The van der Waals surface area contributed by atoms with Crippen LogP contribution in [-0.4, -0.2) is 35.5 Å². The number of benzene rings is 2. The number of para-hydroxylation sites is 1. The number of amides is 1. The third-order valence-electron chi connectivity index (χ3n) is 5.79. The van der Waals surface area contributed by atoms with E-state index >= 15 is 0 Å².